The summed E-state index contributed by atoms with van der Waals surface area (Å²) in [5, 5.41) is 9.08. The minimum absolute atomic E-state index is 0.166. The van der Waals surface area contributed by atoms with Crippen LogP contribution in [0.3, 0.4) is 0 Å². The maximum absolute atomic E-state index is 13.4. The highest BCUT2D eigenvalue weighted by Crippen LogP contribution is 2.21. The van der Waals surface area contributed by atoms with Gasteiger partial charge in [-0.1, -0.05) is 0 Å². The Kier molecular flexibility index (Phi) is 3.33. The molecular formula is C11H12F2N2O2. The first-order valence-electron chi connectivity index (χ1n) is 5.37. The molecule has 1 fully saturated rings. The Hall–Kier alpha value is -1.56. The molecule has 0 saturated carbocycles. The van der Waals surface area contributed by atoms with E-state index in [1.807, 2.05) is 0 Å². The maximum atomic E-state index is 13.4. The number of nitrogens with zero attached hydrogens (tertiary/aromatic N) is 2. The van der Waals surface area contributed by atoms with Crippen LogP contribution in [0.2, 0.25) is 0 Å². The van der Waals surface area contributed by atoms with Gasteiger partial charge in [0, 0.05) is 12.7 Å². The van der Waals surface area contributed by atoms with Crippen LogP contribution in [-0.2, 0) is 0 Å². The Morgan fingerprint density at radius 1 is 1.59 bits per heavy atom. The molecule has 0 aromatic carbocycles. The second-order valence-electron chi connectivity index (χ2n) is 3.94. The van der Waals surface area contributed by atoms with Gasteiger partial charge >= 0.3 is 0 Å². The number of hydrogen-bond donors (Lipinski definition) is 1. The lowest BCUT2D eigenvalue weighted by atomic mass is 10.2. The minimum Gasteiger partial charge on any atom is -0.394 e. The van der Waals surface area contributed by atoms with Crippen LogP contribution in [0, 0.1) is 11.8 Å². The molecule has 2 rings (SSSR count). The van der Waals surface area contributed by atoms with Crippen molar-refractivity contribution < 1.29 is 18.7 Å². The van der Waals surface area contributed by atoms with Crippen molar-refractivity contribution in [2.45, 2.75) is 18.9 Å². The predicted molar refractivity (Wildman–Crippen MR) is 55.3 cm³/mol. The van der Waals surface area contributed by atoms with E-state index in [-0.39, 0.29) is 18.2 Å². The van der Waals surface area contributed by atoms with Crippen LogP contribution < -0.4 is 0 Å². The van der Waals surface area contributed by atoms with Gasteiger partial charge in [-0.2, -0.15) is 4.39 Å². The molecule has 6 heteroatoms. The van der Waals surface area contributed by atoms with Crippen molar-refractivity contribution in [2.24, 2.45) is 0 Å². The van der Waals surface area contributed by atoms with E-state index in [0.29, 0.717) is 13.0 Å². The van der Waals surface area contributed by atoms with E-state index in [0.717, 1.165) is 18.7 Å². The van der Waals surface area contributed by atoms with Gasteiger partial charge < -0.3 is 10.0 Å². The van der Waals surface area contributed by atoms with Crippen molar-refractivity contribution in [3.8, 4) is 0 Å². The quantitative estimate of drug-likeness (QED) is 0.786. The Bertz CT molecular complexity index is 439. The third-order valence-electron chi connectivity index (χ3n) is 2.93. The predicted octanol–water partition coefficient (Wildman–Crippen LogP) is 0.957. The highest BCUT2D eigenvalue weighted by Gasteiger charge is 2.30. The average Bonchev–Trinajstić information content (AvgIpc) is 2.80. The number of likely N-dealkylation sites (tertiary alicyclic amines) is 1. The minimum atomic E-state index is -1.28. The number of aromatic nitrogens is 1. The van der Waals surface area contributed by atoms with Gasteiger partial charge in [0.15, 0.2) is 5.82 Å². The van der Waals surface area contributed by atoms with Gasteiger partial charge in [-0.05, 0) is 18.9 Å². The van der Waals surface area contributed by atoms with Gasteiger partial charge in [-0.15, -0.1) is 0 Å². The van der Waals surface area contributed by atoms with Crippen LogP contribution in [0.5, 0.6) is 0 Å². The molecule has 1 atom stereocenters. The molecule has 1 N–H and O–H groups in total. The van der Waals surface area contributed by atoms with E-state index in [1.54, 1.807) is 0 Å². The molecule has 0 radical (unpaired) electrons. The molecule has 1 aromatic rings. The third kappa shape index (κ3) is 2.12. The lowest BCUT2D eigenvalue weighted by Gasteiger charge is -2.23. The molecule has 1 amide bonds. The molecule has 4 nitrogen and oxygen atoms in total. The Balaban J connectivity index is 2.28. The molecule has 92 valence electrons. The zero-order chi connectivity index (χ0) is 12.4. The number of carbonyl (C=O) groups excluding carboxylic acids is 1. The molecule has 0 spiro atoms. The summed E-state index contributed by atoms with van der Waals surface area (Å²) in [7, 11) is 0. The first kappa shape index (κ1) is 11.9. The van der Waals surface area contributed by atoms with E-state index < -0.39 is 17.7 Å². The number of amides is 1. The first-order valence-corrected chi connectivity index (χ1v) is 5.37. The van der Waals surface area contributed by atoms with Gasteiger partial charge in [0.2, 0.25) is 5.95 Å². The van der Waals surface area contributed by atoms with Crippen molar-refractivity contribution in [2.75, 3.05) is 13.2 Å². The molecule has 0 aliphatic carbocycles. The van der Waals surface area contributed by atoms with Crippen LogP contribution >= 0.6 is 0 Å². The van der Waals surface area contributed by atoms with E-state index in [2.05, 4.69) is 4.98 Å². The zero-order valence-electron chi connectivity index (χ0n) is 9.07. The first-order chi connectivity index (χ1) is 8.15. The molecule has 1 aliphatic rings. The number of rotatable bonds is 2. The summed E-state index contributed by atoms with van der Waals surface area (Å²) < 4.78 is 26.3. The smallest absolute Gasteiger partial charge is 0.257 e. The van der Waals surface area contributed by atoms with Gasteiger partial charge in [-0.3, -0.25) is 4.79 Å². The number of aliphatic hydroxyl groups is 1. The second-order valence-corrected chi connectivity index (χ2v) is 3.94. The van der Waals surface area contributed by atoms with Gasteiger partial charge in [0.05, 0.1) is 18.2 Å². The van der Waals surface area contributed by atoms with Crippen molar-refractivity contribution in [1.82, 2.24) is 9.88 Å². The second kappa shape index (κ2) is 4.75. The van der Waals surface area contributed by atoms with E-state index in [1.165, 1.54) is 4.90 Å². The monoisotopic (exact) mass is 242 g/mol. The summed E-state index contributed by atoms with van der Waals surface area (Å²) in [6, 6.07) is 0.839. The van der Waals surface area contributed by atoms with Gasteiger partial charge in [0.25, 0.3) is 5.91 Å². The van der Waals surface area contributed by atoms with E-state index in [9.17, 15) is 13.6 Å². The molecule has 1 aromatic heterocycles. The lowest BCUT2D eigenvalue weighted by molar-refractivity contribution is 0.0671. The van der Waals surface area contributed by atoms with Crippen molar-refractivity contribution >= 4 is 5.91 Å². The fourth-order valence-electron chi connectivity index (χ4n) is 2.03. The summed E-state index contributed by atoms with van der Waals surface area (Å²) >= 11 is 0. The number of halogens is 2. The number of pyridine rings is 1. The lowest BCUT2D eigenvalue weighted by Crippen LogP contribution is -2.38. The molecule has 17 heavy (non-hydrogen) atoms. The number of carbonyl (C=O) groups is 1. The molecule has 0 bridgehead atoms. The van der Waals surface area contributed by atoms with E-state index in [4.69, 9.17) is 5.11 Å². The highest BCUT2D eigenvalue weighted by molar-refractivity contribution is 5.94. The van der Waals surface area contributed by atoms with Crippen LogP contribution in [-0.4, -0.2) is 40.1 Å². The fourth-order valence-corrected chi connectivity index (χ4v) is 2.03. The van der Waals surface area contributed by atoms with Crippen LogP contribution in [0.15, 0.2) is 12.3 Å². The van der Waals surface area contributed by atoms with Gasteiger partial charge in [-0.25, -0.2) is 9.37 Å². The van der Waals surface area contributed by atoms with Crippen molar-refractivity contribution in [3.63, 3.8) is 0 Å². The Morgan fingerprint density at radius 2 is 2.35 bits per heavy atom. The molecule has 1 saturated heterocycles. The van der Waals surface area contributed by atoms with Crippen LogP contribution in [0.1, 0.15) is 23.2 Å². The topological polar surface area (TPSA) is 53.4 Å². The summed E-state index contributed by atoms with van der Waals surface area (Å²) in [6.45, 7) is 0.286. The van der Waals surface area contributed by atoms with Crippen molar-refractivity contribution in [1.29, 1.82) is 0 Å². The normalized spacial score (nSPS) is 19.7. The van der Waals surface area contributed by atoms with Crippen molar-refractivity contribution in [3.05, 3.63) is 29.6 Å². The maximum Gasteiger partial charge on any atom is 0.257 e. The average molecular weight is 242 g/mol. The standard InChI is InChI=1S/C11H12F2N2O2/c12-9-8(3-4-14-10(9)13)11(17)15-5-1-2-7(15)6-16/h3-4,7,16H,1-2,5-6H2. The summed E-state index contributed by atoms with van der Waals surface area (Å²) in [4.78, 5) is 16.5. The van der Waals surface area contributed by atoms with Crippen LogP contribution in [0.4, 0.5) is 8.78 Å². The summed E-state index contributed by atoms with van der Waals surface area (Å²) in [5.74, 6) is -3.11. The summed E-state index contributed by atoms with van der Waals surface area (Å²) in [5.41, 5.74) is -0.335. The van der Waals surface area contributed by atoms with Gasteiger partial charge in [0.1, 0.15) is 0 Å². The summed E-state index contributed by atoms with van der Waals surface area (Å²) in [6.07, 6.45) is 2.49. The Labute approximate surface area is 96.9 Å². The largest absolute Gasteiger partial charge is 0.394 e. The SMILES string of the molecule is O=C(c1ccnc(F)c1F)N1CCCC1CO. The zero-order valence-corrected chi connectivity index (χ0v) is 9.07. The third-order valence-corrected chi connectivity index (χ3v) is 2.93. The fraction of sp³-hybridized carbons (Fsp3) is 0.455. The Morgan fingerprint density at radius 3 is 3.06 bits per heavy atom. The molecule has 1 unspecified atom stereocenters. The number of aliphatic hydroxyl groups excluding tert-OH is 1. The van der Waals surface area contributed by atoms with E-state index >= 15 is 0 Å². The molecular weight excluding hydrogens is 230 g/mol. The number of hydrogen-bond acceptors (Lipinski definition) is 3. The highest BCUT2D eigenvalue weighted by atomic mass is 19.2. The molecule has 2 heterocycles. The molecule has 1 aliphatic heterocycles. The van der Waals surface area contributed by atoms with Crippen LogP contribution in [0.25, 0.3) is 0 Å².